The summed E-state index contributed by atoms with van der Waals surface area (Å²) >= 11 is 0. The maximum atomic E-state index is 10.3. The Morgan fingerprint density at radius 2 is 2.75 bits per heavy atom. The average molecular weight is 115 g/mol. The molecule has 0 bridgehead atoms. The summed E-state index contributed by atoms with van der Waals surface area (Å²) in [4.78, 5) is 10.3. The van der Waals surface area contributed by atoms with Crippen molar-refractivity contribution in [2.75, 3.05) is 7.11 Å². The molecule has 3 nitrogen and oxygen atoms in total. The minimum Gasteiger partial charge on any atom is -0.435 e. The number of hydrogen-bond donors (Lipinski definition) is 0. The van der Waals surface area contributed by atoms with Crippen molar-refractivity contribution < 1.29 is 14.3 Å². The molecule has 3 heteroatoms. The van der Waals surface area contributed by atoms with E-state index in [-0.39, 0.29) is 12.3 Å². The second-order valence-electron chi connectivity index (χ2n) is 1.54. The van der Waals surface area contributed by atoms with Crippen molar-refractivity contribution in [2.24, 2.45) is 0 Å². The molecular weight excluding hydrogens is 108 g/mol. The van der Waals surface area contributed by atoms with Crippen LogP contribution in [0.25, 0.3) is 0 Å². The van der Waals surface area contributed by atoms with Crippen molar-refractivity contribution >= 4 is 5.97 Å². The predicted molar refractivity (Wildman–Crippen MR) is 25.8 cm³/mol. The Balaban J connectivity index is 2.32. The van der Waals surface area contributed by atoms with Crippen molar-refractivity contribution in [3.05, 3.63) is 6.42 Å². The first-order valence-corrected chi connectivity index (χ1v) is 2.39. The summed E-state index contributed by atoms with van der Waals surface area (Å²) in [5, 5.41) is 0. The Bertz CT molecular complexity index is 99.8. The molecule has 1 aliphatic rings. The highest BCUT2D eigenvalue weighted by Gasteiger charge is 2.22. The predicted octanol–water partition coefficient (Wildman–Crippen LogP) is 0.110. The van der Waals surface area contributed by atoms with Gasteiger partial charge in [0.25, 0.3) is 0 Å². The lowest BCUT2D eigenvalue weighted by Crippen LogP contribution is -2.07. The summed E-state index contributed by atoms with van der Waals surface area (Å²) in [7, 11) is 1.51. The van der Waals surface area contributed by atoms with Gasteiger partial charge >= 0.3 is 5.97 Å². The Hall–Kier alpha value is -0.570. The molecule has 1 heterocycles. The van der Waals surface area contributed by atoms with Crippen LogP contribution in [0.5, 0.6) is 0 Å². The molecule has 0 aromatic carbocycles. The molecule has 0 N–H and O–H groups in total. The van der Waals surface area contributed by atoms with Gasteiger partial charge in [-0.25, -0.2) is 0 Å². The highest BCUT2D eigenvalue weighted by atomic mass is 16.7. The SMILES string of the molecule is COC1C[CH]C(=O)O1. The molecule has 8 heavy (non-hydrogen) atoms. The Morgan fingerprint density at radius 3 is 3.00 bits per heavy atom. The lowest BCUT2D eigenvalue weighted by atomic mass is 10.4. The number of rotatable bonds is 1. The Morgan fingerprint density at radius 1 is 2.00 bits per heavy atom. The standard InChI is InChI=1S/C5H7O3/c1-7-5-3-2-4(6)8-5/h2,5H,3H2,1H3. The zero-order chi connectivity index (χ0) is 5.98. The number of esters is 1. The van der Waals surface area contributed by atoms with E-state index < -0.39 is 0 Å². The lowest BCUT2D eigenvalue weighted by Gasteiger charge is -2.03. The minimum atomic E-state index is -0.331. The van der Waals surface area contributed by atoms with Gasteiger partial charge in [0.15, 0.2) is 0 Å². The van der Waals surface area contributed by atoms with E-state index in [4.69, 9.17) is 4.74 Å². The van der Waals surface area contributed by atoms with Crippen molar-refractivity contribution in [3.63, 3.8) is 0 Å². The molecule has 0 amide bonds. The third-order valence-corrected chi connectivity index (χ3v) is 0.987. The fraction of sp³-hybridized carbons (Fsp3) is 0.600. The Kier molecular flexibility index (Phi) is 1.48. The second kappa shape index (κ2) is 2.13. The van der Waals surface area contributed by atoms with Gasteiger partial charge in [0.2, 0.25) is 6.29 Å². The van der Waals surface area contributed by atoms with E-state index >= 15 is 0 Å². The number of methoxy groups -OCH3 is 1. The zero-order valence-electron chi connectivity index (χ0n) is 4.59. The molecule has 0 spiro atoms. The molecule has 45 valence electrons. The summed E-state index contributed by atoms with van der Waals surface area (Å²) < 4.78 is 9.30. The van der Waals surface area contributed by atoms with E-state index in [2.05, 4.69) is 4.74 Å². The van der Waals surface area contributed by atoms with E-state index in [1.807, 2.05) is 0 Å². The Labute approximate surface area is 47.6 Å². The maximum Gasteiger partial charge on any atom is 0.312 e. The van der Waals surface area contributed by atoms with Gasteiger partial charge < -0.3 is 9.47 Å². The van der Waals surface area contributed by atoms with Crippen LogP contribution in [-0.4, -0.2) is 19.4 Å². The molecular formula is C5H7O3. The fourth-order valence-corrected chi connectivity index (χ4v) is 0.563. The number of cyclic esters (lactones) is 1. The average Bonchev–Trinajstić information content (AvgIpc) is 2.14. The highest BCUT2D eigenvalue weighted by Crippen LogP contribution is 2.11. The third kappa shape index (κ3) is 0.980. The minimum absolute atomic E-state index is 0.281. The first-order valence-electron chi connectivity index (χ1n) is 2.39. The van der Waals surface area contributed by atoms with Crippen LogP contribution in [0.15, 0.2) is 0 Å². The van der Waals surface area contributed by atoms with E-state index in [9.17, 15) is 4.79 Å². The molecule has 1 rings (SSSR count). The summed E-state index contributed by atoms with van der Waals surface area (Å²) in [6.45, 7) is 0. The van der Waals surface area contributed by atoms with Crippen molar-refractivity contribution in [1.29, 1.82) is 0 Å². The van der Waals surface area contributed by atoms with Crippen LogP contribution < -0.4 is 0 Å². The smallest absolute Gasteiger partial charge is 0.312 e. The molecule has 0 aromatic heterocycles. The molecule has 1 atom stereocenters. The lowest BCUT2D eigenvalue weighted by molar-refractivity contribution is -0.156. The summed E-state index contributed by atoms with van der Waals surface area (Å²) in [5.74, 6) is -0.281. The van der Waals surface area contributed by atoms with Gasteiger partial charge in [-0.05, 0) is 0 Å². The summed E-state index contributed by atoms with van der Waals surface area (Å²) in [6, 6.07) is 0. The molecule has 0 aliphatic carbocycles. The number of carbonyl (C=O) groups excluding carboxylic acids is 1. The second-order valence-corrected chi connectivity index (χ2v) is 1.54. The fourth-order valence-electron chi connectivity index (χ4n) is 0.563. The first-order chi connectivity index (χ1) is 3.83. The maximum absolute atomic E-state index is 10.3. The monoisotopic (exact) mass is 115 g/mol. The number of hydrogen-bond acceptors (Lipinski definition) is 3. The quantitative estimate of drug-likeness (QED) is 0.455. The third-order valence-electron chi connectivity index (χ3n) is 0.987. The number of carbonyl (C=O) groups is 1. The van der Waals surface area contributed by atoms with Gasteiger partial charge in [0.1, 0.15) is 0 Å². The molecule has 1 fully saturated rings. The largest absolute Gasteiger partial charge is 0.435 e. The van der Waals surface area contributed by atoms with E-state index in [0.717, 1.165) is 0 Å². The van der Waals surface area contributed by atoms with Crippen LogP contribution in [-0.2, 0) is 14.3 Å². The van der Waals surface area contributed by atoms with Gasteiger partial charge in [0.05, 0.1) is 6.42 Å². The topological polar surface area (TPSA) is 35.5 Å². The van der Waals surface area contributed by atoms with Crippen LogP contribution in [0.3, 0.4) is 0 Å². The van der Waals surface area contributed by atoms with Gasteiger partial charge in [0, 0.05) is 13.5 Å². The van der Waals surface area contributed by atoms with Gasteiger partial charge in [-0.1, -0.05) is 0 Å². The van der Waals surface area contributed by atoms with E-state index in [0.29, 0.717) is 6.42 Å². The zero-order valence-corrected chi connectivity index (χ0v) is 4.59. The van der Waals surface area contributed by atoms with Crippen molar-refractivity contribution in [1.82, 2.24) is 0 Å². The van der Waals surface area contributed by atoms with Gasteiger partial charge in [-0.3, -0.25) is 4.79 Å². The molecule has 0 aromatic rings. The highest BCUT2D eigenvalue weighted by molar-refractivity contribution is 5.80. The number of ether oxygens (including phenoxy) is 2. The van der Waals surface area contributed by atoms with Gasteiger partial charge in [-0.2, -0.15) is 0 Å². The van der Waals surface area contributed by atoms with Crippen LogP contribution in [0.4, 0.5) is 0 Å². The van der Waals surface area contributed by atoms with Crippen molar-refractivity contribution in [2.45, 2.75) is 12.7 Å². The van der Waals surface area contributed by atoms with E-state index in [1.54, 1.807) is 0 Å². The molecule has 1 saturated heterocycles. The van der Waals surface area contributed by atoms with E-state index in [1.165, 1.54) is 13.5 Å². The summed E-state index contributed by atoms with van der Waals surface area (Å²) in [5.41, 5.74) is 0. The van der Waals surface area contributed by atoms with Crippen LogP contribution in [0.2, 0.25) is 0 Å². The summed E-state index contributed by atoms with van der Waals surface area (Å²) in [6.07, 6.45) is 1.71. The molecule has 0 saturated carbocycles. The molecule has 1 radical (unpaired) electrons. The molecule has 1 unspecified atom stereocenters. The van der Waals surface area contributed by atoms with Crippen LogP contribution >= 0.6 is 0 Å². The van der Waals surface area contributed by atoms with Crippen LogP contribution in [0, 0.1) is 6.42 Å². The molecule has 1 aliphatic heterocycles. The first kappa shape index (κ1) is 5.56. The van der Waals surface area contributed by atoms with Crippen LogP contribution in [0.1, 0.15) is 6.42 Å². The van der Waals surface area contributed by atoms with Crippen molar-refractivity contribution in [3.8, 4) is 0 Å². The normalized spacial score (nSPS) is 28.1. The van der Waals surface area contributed by atoms with Gasteiger partial charge in [-0.15, -0.1) is 0 Å².